The summed E-state index contributed by atoms with van der Waals surface area (Å²) in [6, 6.07) is 13.4. The summed E-state index contributed by atoms with van der Waals surface area (Å²) in [6.45, 7) is 6.42. The van der Waals surface area contributed by atoms with Crippen molar-refractivity contribution in [3.05, 3.63) is 57.6 Å². The minimum atomic E-state index is 0.245. The molecule has 1 nitrogen and oxygen atoms in total. The van der Waals surface area contributed by atoms with Crippen LogP contribution in [0.25, 0.3) is 0 Å². The molecule has 0 heterocycles. The van der Waals surface area contributed by atoms with Crippen LogP contribution in [0.4, 0.5) is 0 Å². The summed E-state index contributed by atoms with van der Waals surface area (Å²) in [4.78, 5) is 2.56. The largest absolute Gasteiger partial charge is 0.327 e. The number of benzene rings is 2. The van der Waals surface area contributed by atoms with Gasteiger partial charge in [-0.1, -0.05) is 36.9 Å². The Labute approximate surface area is 140 Å². The second-order valence-electron chi connectivity index (χ2n) is 5.51. The van der Waals surface area contributed by atoms with Crippen LogP contribution in [0.3, 0.4) is 0 Å². The molecule has 3 heteroatoms. The van der Waals surface area contributed by atoms with E-state index in [0.29, 0.717) is 0 Å². The molecule has 0 aromatic heterocycles. The topological polar surface area (TPSA) is 26.0 Å². The Morgan fingerprint density at radius 3 is 2.52 bits per heavy atom. The average Bonchev–Trinajstić information content (AvgIpc) is 2.45. The molecule has 2 aromatic carbocycles. The van der Waals surface area contributed by atoms with Crippen molar-refractivity contribution in [1.82, 2.24) is 0 Å². The number of nitrogens with two attached hydrogens (primary N) is 1. The molecule has 0 radical (unpaired) electrons. The van der Waals surface area contributed by atoms with Crippen molar-refractivity contribution in [2.24, 2.45) is 5.73 Å². The lowest BCUT2D eigenvalue weighted by atomic mass is 10.1. The molecule has 2 N–H and O–H groups in total. The molecule has 0 saturated heterocycles. The van der Waals surface area contributed by atoms with Gasteiger partial charge in [-0.2, -0.15) is 0 Å². The van der Waals surface area contributed by atoms with Gasteiger partial charge in [0.25, 0.3) is 0 Å². The number of halogens is 1. The van der Waals surface area contributed by atoms with Crippen molar-refractivity contribution in [3.8, 4) is 0 Å². The Balaban J connectivity index is 2.19. The van der Waals surface area contributed by atoms with Crippen molar-refractivity contribution >= 4 is 27.7 Å². The molecule has 0 saturated carbocycles. The molecule has 1 unspecified atom stereocenters. The van der Waals surface area contributed by atoms with E-state index >= 15 is 0 Å². The minimum Gasteiger partial charge on any atom is -0.327 e. The SMILES string of the molecule is CCC(N)Cc1ccc(Sc2cc(C)ccc2C)c(Br)c1. The highest BCUT2D eigenvalue weighted by atomic mass is 79.9. The van der Waals surface area contributed by atoms with Gasteiger partial charge < -0.3 is 5.73 Å². The van der Waals surface area contributed by atoms with Gasteiger partial charge in [-0.3, -0.25) is 0 Å². The molecule has 0 spiro atoms. The number of hydrogen-bond acceptors (Lipinski definition) is 2. The van der Waals surface area contributed by atoms with E-state index in [-0.39, 0.29) is 6.04 Å². The molecule has 1 atom stereocenters. The highest BCUT2D eigenvalue weighted by Crippen LogP contribution is 2.36. The smallest absolute Gasteiger partial charge is 0.0317 e. The van der Waals surface area contributed by atoms with E-state index in [9.17, 15) is 0 Å². The van der Waals surface area contributed by atoms with Crippen LogP contribution in [-0.4, -0.2) is 6.04 Å². The van der Waals surface area contributed by atoms with Crippen LogP contribution in [0.5, 0.6) is 0 Å². The predicted octanol–water partition coefficient (Wildman–Crippen LogP) is 5.50. The van der Waals surface area contributed by atoms with Crippen LogP contribution in [0, 0.1) is 13.8 Å². The normalized spacial score (nSPS) is 12.4. The van der Waals surface area contributed by atoms with Gasteiger partial charge in [-0.25, -0.2) is 0 Å². The maximum atomic E-state index is 6.03. The maximum absolute atomic E-state index is 6.03. The van der Waals surface area contributed by atoms with Crippen LogP contribution in [0.1, 0.15) is 30.0 Å². The molecule has 0 aliphatic heterocycles. The molecule has 0 amide bonds. The standard InChI is InChI=1S/C18H22BrNS/c1-4-15(20)10-14-7-8-17(16(19)11-14)21-18-9-12(2)5-6-13(18)3/h5-9,11,15H,4,10,20H2,1-3H3. The molecule has 0 aliphatic rings. The summed E-state index contributed by atoms with van der Waals surface area (Å²) in [6.07, 6.45) is 1.94. The van der Waals surface area contributed by atoms with E-state index in [0.717, 1.165) is 17.3 Å². The fraction of sp³-hybridized carbons (Fsp3) is 0.333. The number of rotatable bonds is 5. The minimum absolute atomic E-state index is 0.245. The second kappa shape index (κ2) is 7.48. The Morgan fingerprint density at radius 2 is 1.86 bits per heavy atom. The van der Waals surface area contributed by atoms with Crippen LogP contribution in [0.2, 0.25) is 0 Å². The lowest BCUT2D eigenvalue weighted by Gasteiger charge is -2.12. The van der Waals surface area contributed by atoms with E-state index < -0.39 is 0 Å². The van der Waals surface area contributed by atoms with E-state index in [1.54, 1.807) is 0 Å². The molecule has 21 heavy (non-hydrogen) atoms. The van der Waals surface area contributed by atoms with Gasteiger partial charge in [0.15, 0.2) is 0 Å². The van der Waals surface area contributed by atoms with Crippen molar-refractivity contribution in [1.29, 1.82) is 0 Å². The first-order valence-corrected chi connectivity index (χ1v) is 8.89. The summed E-state index contributed by atoms with van der Waals surface area (Å²) in [5.74, 6) is 0. The van der Waals surface area contributed by atoms with Gasteiger partial charge in [0.05, 0.1) is 0 Å². The van der Waals surface area contributed by atoms with Gasteiger partial charge in [-0.15, -0.1) is 0 Å². The highest BCUT2D eigenvalue weighted by Gasteiger charge is 2.08. The van der Waals surface area contributed by atoms with Crippen molar-refractivity contribution in [2.75, 3.05) is 0 Å². The van der Waals surface area contributed by atoms with Crippen molar-refractivity contribution < 1.29 is 0 Å². The number of aryl methyl sites for hydroxylation is 2. The first-order chi connectivity index (χ1) is 9.99. The van der Waals surface area contributed by atoms with E-state index in [2.05, 4.69) is 73.1 Å². The third-order valence-electron chi connectivity index (χ3n) is 3.58. The van der Waals surface area contributed by atoms with Crippen LogP contribution in [0.15, 0.2) is 50.7 Å². The van der Waals surface area contributed by atoms with Crippen LogP contribution < -0.4 is 5.73 Å². The van der Waals surface area contributed by atoms with Gasteiger partial charge in [0, 0.05) is 20.3 Å². The third kappa shape index (κ3) is 4.60. The lowest BCUT2D eigenvalue weighted by Crippen LogP contribution is -2.21. The van der Waals surface area contributed by atoms with Gasteiger partial charge >= 0.3 is 0 Å². The number of hydrogen-bond donors (Lipinski definition) is 1. The molecule has 0 fully saturated rings. The molecular formula is C18H22BrNS. The zero-order valence-electron chi connectivity index (χ0n) is 12.8. The van der Waals surface area contributed by atoms with Gasteiger partial charge in [-0.05, 0) is 77.5 Å². The Hall–Kier alpha value is -0.770. The van der Waals surface area contributed by atoms with E-state index in [4.69, 9.17) is 5.73 Å². The summed E-state index contributed by atoms with van der Waals surface area (Å²) < 4.78 is 1.15. The van der Waals surface area contributed by atoms with Crippen LogP contribution >= 0.6 is 27.7 Å². The van der Waals surface area contributed by atoms with Crippen molar-refractivity contribution in [2.45, 2.75) is 49.4 Å². The zero-order valence-corrected chi connectivity index (χ0v) is 15.2. The molecule has 112 valence electrons. The zero-order chi connectivity index (χ0) is 15.4. The molecular weight excluding hydrogens is 342 g/mol. The fourth-order valence-electron chi connectivity index (χ4n) is 2.14. The Kier molecular flexibility index (Phi) is 5.91. The van der Waals surface area contributed by atoms with Gasteiger partial charge in [0.1, 0.15) is 0 Å². The summed E-state index contributed by atoms with van der Waals surface area (Å²) in [5, 5.41) is 0. The third-order valence-corrected chi connectivity index (χ3v) is 5.74. The molecule has 2 rings (SSSR count). The van der Waals surface area contributed by atoms with Crippen LogP contribution in [-0.2, 0) is 6.42 Å². The molecule has 0 aliphatic carbocycles. The van der Waals surface area contributed by atoms with Gasteiger partial charge in [0.2, 0.25) is 0 Å². The quantitative estimate of drug-likeness (QED) is 0.758. The lowest BCUT2D eigenvalue weighted by molar-refractivity contribution is 0.646. The molecule has 0 bridgehead atoms. The van der Waals surface area contributed by atoms with Crippen molar-refractivity contribution in [3.63, 3.8) is 0 Å². The first-order valence-electron chi connectivity index (χ1n) is 7.28. The van der Waals surface area contributed by atoms with E-state index in [1.165, 1.54) is 26.5 Å². The predicted molar refractivity (Wildman–Crippen MR) is 96.2 cm³/mol. The maximum Gasteiger partial charge on any atom is 0.0317 e. The Bertz CT molecular complexity index is 625. The second-order valence-corrected chi connectivity index (χ2v) is 7.45. The fourth-order valence-corrected chi connectivity index (χ4v) is 3.81. The summed E-state index contributed by atoms with van der Waals surface area (Å²) in [5.41, 5.74) is 9.94. The average molecular weight is 364 g/mol. The monoisotopic (exact) mass is 363 g/mol. The summed E-state index contributed by atoms with van der Waals surface area (Å²) >= 11 is 5.51. The first kappa shape index (κ1) is 16.6. The Morgan fingerprint density at radius 1 is 1.10 bits per heavy atom. The van der Waals surface area contributed by atoms with E-state index in [1.807, 2.05) is 11.8 Å². The summed E-state index contributed by atoms with van der Waals surface area (Å²) in [7, 11) is 0. The molecule has 2 aromatic rings. The highest BCUT2D eigenvalue weighted by molar-refractivity contribution is 9.10.